The number of halogens is 1. The van der Waals surface area contributed by atoms with E-state index in [1.165, 1.54) is 0 Å². The zero-order chi connectivity index (χ0) is 18.4. The fourth-order valence-electron chi connectivity index (χ4n) is 2.92. The molecule has 0 spiro atoms. The molecule has 8 nitrogen and oxygen atoms in total. The number of ether oxygens (including phenoxy) is 2. The molecule has 9 heteroatoms. The summed E-state index contributed by atoms with van der Waals surface area (Å²) >= 11 is 6.22. The van der Waals surface area contributed by atoms with Crippen molar-refractivity contribution in [2.24, 2.45) is 5.10 Å². The van der Waals surface area contributed by atoms with Gasteiger partial charge >= 0.3 is 0 Å². The molecule has 1 aliphatic rings. The van der Waals surface area contributed by atoms with Gasteiger partial charge in [-0.15, -0.1) is 10.2 Å². The van der Waals surface area contributed by atoms with E-state index in [-0.39, 0.29) is 12.7 Å². The minimum Gasteiger partial charge on any atom is -0.454 e. The van der Waals surface area contributed by atoms with Crippen LogP contribution < -0.4 is 14.9 Å². The van der Waals surface area contributed by atoms with E-state index in [1.807, 2.05) is 19.1 Å². The lowest BCUT2D eigenvalue weighted by Crippen LogP contribution is -1.99. The Morgan fingerprint density at radius 2 is 2.04 bits per heavy atom. The summed E-state index contributed by atoms with van der Waals surface area (Å²) in [6.07, 6.45) is 1.56. The van der Waals surface area contributed by atoms with Crippen LogP contribution in [-0.2, 0) is 0 Å². The Labute approximate surface area is 158 Å². The molecule has 0 saturated carbocycles. The first-order valence-electron chi connectivity index (χ1n) is 8.18. The highest BCUT2D eigenvalue weighted by molar-refractivity contribution is 6.33. The van der Waals surface area contributed by atoms with Gasteiger partial charge in [0.05, 0.1) is 11.2 Å². The predicted molar refractivity (Wildman–Crippen MR) is 103 cm³/mol. The zero-order valence-corrected chi connectivity index (χ0v) is 14.9. The van der Waals surface area contributed by atoms with Crippen molar-refractivity contribution in [3.05, 3.63) is 46.5 Å². The SMILES string of the molecule is Cc1ccc2[nH]c3nc(NN=Cc4cc5c(cc4Cl)OCO5)nnc3c2c1. The standard InChI is InChI=1S/C18H13ClN6O2/c1-9-2-3-13-11(4-9)16-17(21-13)22-18(25-23-16)24-20-7-10-5-14-15(6-12(10)19)27-8-26-14/h2-7H,8H2,1H3,(H2,21,22,24,25). The maximum Gasteiger partial charge on any atom is 0.265 e. The summed E-state index contributed by atoms with van der Waals surface area (Å²) in [6, 6.07) is 9.54. The second-order valence-corrected chi connectivity index (χ2v) is 6.51. The highest BCUT2D eigenvalue weighted by Gasteiger charge is 2.15. The summed E-state index contributed by atoms with van der Waals surface area (Å²) in [6.45, 7) is 2.22. The lowest BCUT2D eigenvalue weighted by Gasteiger charge is -2.01. The number of hydrazone groups is 1. The van der Waals surface area contributed by atoms with Crippen LogP contribution in [0.25, 0.3) is 22.1 Å². The van der Waals surface area contributed by atoms with Gasteiger partial charge in [0.15, 0.2) is 17.1 Å². The molecule has 0 aliphatic carbocycles. The number of aromatic amines is 1. The molecule has 0 amide bonds. The van der Waals surface area contributed by atoms with Gasteiger partial charge in [0, 0.05) is 22.5 Å². The minimum absolute atomic E-state index is 0.189. The zero-order valence-electron chi connectivity index (χ0n) is 14.2. The van der Waals surface area contributed by atoms with Crippen molar-refractivity contribution in [2.75, 3.05) is 12.2 Å². The lowest BCUT2D eigenvalue weighted by molar-refractivity contribution is 0.174. The third-order valence-corrected chi connectivity index (χ3v) is 4.56. The van der Waals surface area contributed by atoms with Gasteiger partial charge in [0.1, 0.15) is 5.52 Å². The average Bonchev–Trinajstić information content (AvgIpc) is 3.25. The third-order valence-electron chi connectivity index (χ3n) is 4.23. The van der Waals surface area contributed by atoms with Crippen LogP contribution in [0.4, 0.5) is 5.95 Å². The molecule has 0 bridgehead atoms. The van der Waals surface area contributed by atoms with Crippen LogP contribution in [0.3, 0.4) is 0 Å². The summed E-state index contributed by atoms with van der Waals surface area (Å²) in [7, 11) is 0. The molecule has 0 radical (unpaired) electrons. The lowest BCUT2D eigenvalue weighted by atomic mass is 10.2. The number of benzene rings is 2. The molecular formula is C18H13ClN6O2. The van der Waals surface area contributed by atoms with Crippen molar-refractivity contribution in [1.82, 2.24) is 20.2 Å². The van der Waals surface area contributed by atoms with Crippen molar-refractivity contribution < 1.29 is 9.47 Å². The molecule has 134 valence electrons. The molecule has 0 atom stereocenters. The van der Waals surface area contributed by atoms with Gasteiger partial charge in [0.2, 0.25) is 6.79 Å². The van der Waals surface area contributed by atoms with Gasteiger partial charge < -0.3 is 14.5 Å². The van der Waals surface area contributed by atoms with Gasteiger partial charge in [-0.05, 0) is 25.1 Å². The second kappa shape index (κ2) is 6.10. The Balaban J connectivity index is 1.42. The first kappa shape index (κ1) is 15.8. The van der Waals surface area contributed by atoms with E-state index >= 15 is 0 Å². The smallest absolute Gasteiger partial charge is 0.265 e. The first-order valence-corrected chi connectivity index (χ1v) is 8.56. The number of nitrogens with one attached hydrogen (secondary N) is 2. The molecule has 0 saturated heterocycles. The summed E-state index contributed by atoms with van der Waals surface area (Å²) in [5, 5.41) is 14.0. The van der Waals surface area contributed by atoms with Crippen LogP contribution in [-0.4, -0.2) is 33.2 Å². The van der Waals surface area contributed by atoms with Crippen LogP contribution in [0.5, 0.6) is 11.5 Å². The summed E-state index contributed by atoms with van der Waals surface area (Å²) in [5.74, 6) is 1.53. The fourth-order valence-corrected chi connectivity index (χ4v) is 3.13. The molecule has 27 heavy (non-hydrogen) atoms. The minimum atomic E-state index is 0.189. The van der Waals surface area contributed by atoms with Gasteiger partial charge in [-0.3, -0.25) is 0 Å². The Hall–Kier alpha value is -3.39. The molecule has 0 fully saturated rings. The van der Waals surface area contributed by atoms with E-state index in [0.717, 1.165) is 22.0 Å². The highest BCUT2D eigenvalue weighted by Crippen LogP contribution is 2.36. The van der Waals surface area contributed by atoms with Crippen LogP contribution in [0, 0.1) is 6.92 Å². The molecule has 1 aliphatic heterocycles. The normalized spacial score (nSPS) is 13.1. The van der Waals surface area contributed by atoms with Crippen molar-refractivity contribution >= 4 is 45.8 Å². The maximum absolute atomic E-state index is 6.22. The second-order valence-electron chi connectivity index (χ2n) is 6.10. The first-order chi connectivity index (χ1) is 13.2. The van der Waals surface area contributed by atoms with Crippen molar-refractivity contribution in [2.45, 2.75) is 6.92 Å². The van der Waals surface area contributed by atoms with E-state index in [9.17, 15) is 0 Å². The molecule has 2 aromatic heterocycles. The largest absolute Gasteiger partial charge is 0.454 e. The fraction of sp³-hybridized carbons (Fsp3) is 0.111. The number of rotatable bonds is 3. The van der Waals surface area contributed by atoms with Crippen molar-refractivity contribution in [3.63, 3.8) is 0 Å². The van der Waals surface area contributed by atoms with E-state index in [0.29, 0.717) is 27.7 Å². The summed E-state index contributed by atoms with van der Waals surface area (Å²) in [4.78, 5) is 7.66. The van der Waals surface area contributed by atoms with E-state index in [1.54, 1.807) is 18.3 Å². The van der Waals surface area contributed by atoms with Gasteiger partial charge in [-0.2, -0.15) is 10.1 Å². The van der Waals surface area contributed by atoms with Crippen molar-refractivity contribution in [3.8, 4) is 11.5 Å². The third kappa shape index (κ3) is 2.80. The van der Waals surface area contributed by atoms with Crippen LogP contribution >= 0.6 is 11.6 Å². The molecular weight excluding hydrogens is 368 g/mol. The number of anilines is 1. The number of H-pyrrole nitrogens is 1. The number of aromatic nitrogens is 4. The van der Waals surface area contributed by atoms with Gasteiger partial charge in [-0.1, -0.05) is 23.2 Å². The topological polar surface area (TPSA) is 97.3 Å². The molecule has 4 aromatic rings. The average molecular weight is 381 g/mol. The molecule has 2 N–H and O–H groups in total. The highest BCUT2D eigenvalue weighted by atomic mass is 35.5. The van der Waals surface area contributed by atoms with Gasteiger partial charge in [0.25, 0.3) is 5.95 Å². The number of hydrogen-bond acceptors (Lipinski definition) is 7. The van der Waals surface area contributed by atoms with Crippen LogP contribution in [0.1, 0.15) is 11.1 Å². The van der Waals surface area contributed by atoms with Gasteiger partial charge in [-0.25, -0.2) is 5.43 Å². The Kier molecular flexibility index (Phi) is 3.58. The number of aryl methyl sites for hydroxylation is 1. The molecule has 5 rings (SSSR count). The Bertz CT molecular complexity index is 1220. The molecule has 3 heterocycles. The van der Waals surface area contributed by atoms with Crippen molar-refractivity contribution in [1.29, 1.82) is 0 Å². The van der Waals surface area contributed by atoms with Crippen LogP contribution in [0.2, 0.25) is 5.02 Å². The monoisotopic (exact) mass is 380 g/mol. The van der Waals surface area contributed by atoms with E-state index in [4.69, 9.17) is 21.1 Å². The summed E-state index contributed by atoms with van der Waals surface area (Å²) < 4.78 is 10.6. The number of fused-ring (bicyclic) bond motifs is 4. The molecule has 0 unspecified atom stereocenters. The quantitative estimate of drug-likeness (QED) is 0.416. The summed E-state index contributed by atoms with van der Waals surface area (Å²) in [5.41, 5.74) is 6.93. The number of hydrogen-bond donors (Lipinski definition) is 2. The number of nitrogens with zero attached hydrogens (tertiary/aromatic N) is 4. The maximum atomic E-state index is 6.22. The molecule has 2 aromatic carbocycles. The van der Waals surface area contributed by atoms with E-state index < -0.39 is 0 Å². The Morgan fingerprint density at radius 1 is 1.19 bits per heavy atom. The Morgan fingerprint density at radius 3 is 2.93 bits per heavy atom. The predicted octanol–water partition coefficient (Wildman–Crippen LogP) is 3.64. The van der Waals surface area contributed by atoms with E-state index in [2.05, 4.69) is 36.8 Å². The van der Waals surface area contributed by atoms with Crippen LogP contribution in [0.15, 0.2) is 35.4 Å².